The average molecular weight is 315 g/mol. The molecule has 0 saturated carbocycles. The highest BCUT2D eigenvalue weighted by Gasteiger charge is 1.97. The predicted octanol–water partition coefficient (Wildman–Crippen LogP) is 1.68. The number of carbonyl (C=O) groups is 1. The van der Waals surface area contributed by atoms with Gasteiger partial charge in [-0.2, -0.15) is 0 Å². The second-order valence-electron chi connectivity index (χ2n) is 2.93. The second-order valence-corrected chi connectivity index (χ2v) is 3.47. The number of methoxy groups -OCH3 is 1. The summed E-state index contributed by atoms with van der Waals surface area (Å²) in [7, 11) is 1.68. The Hall–Kier alpha value is 0.120. The SMILES string of the molecule is COCCCOCCCCC(=O)NI. The molecule has 0 aliphatic heterocycles. The number of nitrogens with one attached hydrogen (secondary N) is 1. The highest BCUT2D eigenvalue weighted by Crippen LogP contribution is 1.97. The molecular formula is C9H18INO3. The Morgan fingerprint density at radius 3 is 2.57 bits per heavy atom. The van der Waals surface area contributed by atoms with E-state index in [4.69, 9.17) is 9.47 Å². The molecule has 0 saturated heterocycles. The molecule has 0 atom stereocenters. The number of rotatable bonds is 9. The van der Waals surface area contributed by atoms with Gasteiger partial charge in [-0.1, -0.05) is 0 Å². The highest BCUT2D eigenvalue weighted by molar-refractivity contribution is 14.1. The van der Waals surface area contributed by atoms with E-state index in [-0.39, 0.29) is 5.91 Å². The summed E-state index contributed by atoms with van der Waals surface area (Å²) in [6.07, 6.45) is 3.35. The van der Waals surface area contributed by atoms with Crippen LogP contribution >= 0.6 is 22.9 Å². The number of hydrogen-bond donors (Lipinski definition) is 1. The molecule has 0 spiro atoms. The summed E-state index contributed by atoms with van der Waals surface area (Å²) in [5, 5.41) is 0. The quantitative estimate of drug-likeness (QED) is 0.400. The molecule has 4 nitrogen and oxygen atoms in total. The number of hydrogen-bond acceptors (Lipinski definition) is 3. The van der Waals surface area contributed by atoms with Gasteiger partial charge < -0.3 is 9.47 Å². The Labute approximate surface area is 99.2 Å². The van der Waals surface area contributed by atoms with Crippen LogP contribution in [-0.4, -0.2) is 32.8 Å². The Balaban J connectivity index is 2.95. The van der Waals surface area contributed by atoms with E-state index in [1.54, 1.807) is 7.11 Å². The van der Waals surface area contributed by atoms with Crippen LogP contribution in [0.3, 0.4) is 0 Å². The zero-order valence-corrected chi connectivity index (χ0v) is 10.7. The van der Waals surface area contributed by atoms with E-state index < -0.39 is 0 Å². The molecule has 0 radical (unpaired) electrons. The van der Waals surface area contributed by atoms with Crippen LogP contribution in [0, 0.1) is 0 Å². The van der Waals surface area contributed by atoms with Crippen molar-refractivity contribution in [3.8, 4) is 0 Å². The summed E-state index contributed by atoms with van der Waals surface area (Å²) < 4.78 is 12.8. The fraction of sp³-hybridized carbons (Fsp3) is 0.889. The van der Waals surface area contributed by atoms with Crippen LogP contribution < -0.4 is 3.53 Å². The summed E-state index contributed by atoms with van der Waals surface area (Å²) >= 11 is 1.85. The van der Waals surface area contributed by atoms with E-state index in [1.807, 2.05) is 22.9 Å². The Kier molecular flexibility index (Phi) is 11.3. The van der Waals surface area contributed by atoms with Crippen LogP contribution in [0.5, 0.6) is 0 Å². The Morgan fingerprint density at radius 1 is 1.21 bits per heavy atom. The van der Waals surface area contributed by atoms with Crippen molar-refractivity contribution in [3.63, 3.8) is 0 Å². The lowest BCUT2D eigenvalue weighted by molar-refractivity contribution is -0.118. The molecule has 1 amide bonds. The van der Waals surface area contributed by atoms with E-state index in [0.29, 0.717) is 6.42 Å². The molecule has 84 valence electrons. The number of carbonyl (C=O) groups excluding carboxylic acids is 1. The minimum Gasteiger partial charge on any atom is -0.385 e. The van der Waals surface area contributed by atoms with Crippen LogP contribution in [0.4, 0.5) is 0 Å². The van der Waals surface area contributed by atoms with Crippen molar-refractivity contribution in [3.05, 3.63) is 0 Å². The van der Waals surface area contributed by atoms with Gasteiger partial charge in [-0.3, -0.25) is 8.32 Å². The third-order valence-electron chi connectivity index (χ3n) is 1.69. The molecule has 0 aromatic rings. The second kappa shape index (κ2) is 11.2. The first-order valence-corrected chi connectivity index (χ1v) is 5.85. The van der Waals surface area contributed by atoms with Crippen molar-refractivity contribution in [2.75, 3.05) is 26.9 Å². The molecule has 0 aliphatic carbocycles. The van der Waals surface area contributed by atoms with Gasteiger partial charge in [0.2, 0.25) is 5.91 Å². The molecule has 14 heavy (non-hydrogen) atoms. The van der Waals surface area contributed by atoms with Crippen LogP contribution in [0.15, 0.2) is 0 Å². The molecule has 0 rings (SSSR count). The molecule has 0 heterocycles. The van der Waals surface area contributed by atoms with Crippen molar-refractivity contribution in [2.24, 2.45) is 0 Å². The van der Waals surface area contributed by atoms with Crippen LogP contribution in [0.2, 0.25) is 0 Å². The van der Waals surface area contributed by atoms with E-state index in [9.17, 15) is 4.79 Å². The normalized spacial score (nSPS) is 10.1. The van der Waals surface area contributed by atoms with Crippen molar-refractivity contribution in [1.29, 1.82) is 0 Å². The molecule has 1 N–H and O–H groups in total. The smallest absolute Gasteiger partial charge is 0.228 e. The van der Waals surface area contributed by atoms with Gasteiger partial charge in [0.25, 0.3) is 0 Å². The highest BCUT2D eigenvalue weighted by atomic mass is 127. The monoisotopic (exact) mass is 315 g/mol. The molecule has 0 fully saturated rings. The van der Waals surface area contributed by atoms with Crippen LogP contribution in [0.25, 0.3) is 0 Å². The third-order valence-corrected chi connectivity index (χ3v) is 2.29. The molecule has 0 unspecified atom stereocenters. The number of unbranched alkanes of at least 4 members (excludes halogenated alkanes) is 1. The number of ether oxygens (including phenoxy) is 2. The largest absolute Gasteiger partial charge is 0.385 e. The van der Waals surface area contributed by atoms with Gasteiger partial charge in [0.15, 0.2) is 0 Å². The summed E-state index contributed by atoms with van der Waals surface area (Å²) in [5.41, 5.74) is 0. The zero-order valence-electron chi connectivity index (χ0n) is 8.55. The molecular weight excluding hydrogens is 297 g/mol. The fourth-order valence-electron chi connectivity index (χ4n) is 0.944. The molecule has 0 aromatic heterocycles. The minimum atomic E-state index is 0.0879. The minimum absolute atomic E-state index is 0.0879. The van der Waals surface area contributed by atoms with Crippen molar-refractivity contribution in [2.45, 2.75) is 25.7 Å². The van der Waals surface area contributed by atoms with Gasteiger partial charge in [0.05, 0.1) is 22.9 Å². The Morgan fingerprint density at radius 2 is 1.93 bits per heavy atom. The topological polar surface area (TPSA) is 47.6 Å². The van der Waals surface area contributed by atoms with Crippen molar-refractivity contribution >= 4 is 28.8 Å². The van der Waals surface area contributed by atoms with Gasteiger partial charge in [0, 0.05) is 33.4 Å². The van der Waals surface area contributed by atoms with Gasteiger partial charge in [0.1, 0.15) is 0 Å². The van der Waals surface area contributed by atoms with Gasteiger partial charge in [-0.25, -0.2) is 0 Å². The number of amides is 1. The fourth-order valence-corrected chi connectivity index (χ4v) is 1.21. The maximum atomic E-state index is 10.8. The van der Waals surface area contributed by atoms with Crippen LogP contribution in [0.1, 0.15) is 25.7 Å². The standard InChI is InChI=1S/C9H18INO3/c1-13-6-4-8-14-7-3-2-5-9(12)11-10/h2-8H2,1H3,(H,11,12). The van der Waals surface area contributed by atoms with Crippen molar-refractivity contribution in [1.82, 2.24) is 3.53 Å². The predicted molar refractivity (Wildman–Crippen MR) is 63.3 cm³/mol. The summed E-state index contributed by atoms with van der Waals surface area (Å²) in [5.74, 6) is 0.0879. The van der Waals surface area contributed by atoms with E-state index in [0.717, 1.165) is 39.1 Å². The van der Waals surface area contributed by atoms with Gasteiger partial charge in [-0.05, 0) is 19.3 Å². The lowest BCUT2D eigenvalue weighted by Crippen LogP contribution is -2.11. The van der Waals surface area contributed by atoms with Gasteiger partial charge in [-0.15, -0.1) is 0 Å². The maximum Gasteiger partial charge on any atom is 0.228 e. The van der Waals surface area contributed by atoms with E-state index in [1.165, 1.54) is 0 Å². The zero-order chi connectivity index (χ0) is 10.6. The van der Waals surface area contributed by atoms with E-state index >= 15 is 0 Å². The maximum absolute atomic E-state index is 10.8. The molecule has 5 heteroatoms. The molecule has 0 bridgehead atoms. The first kappa shape index (κ1) is 14.1. The Bertz CT molecular complexity index is 144. The summed E-state index contributed by atoms with van der Waals surface area (Å²) in [6.45, 7) is 2.22. The first-order chi connectivity index (χ1) is 6.81. The lowest BCUT2D eigenvalue weighted by Gasteiger charge is -2.03. The summed E-state index contributed by atoms with van der Waals surface area (Å²) in [6, 6.07) is 0. The van der Waals surface area contributed by atoms with Crippen molar-refractivity contribution < 1.29 is 14.3 Å². The third kappa shape index (κ3) is 10.2. The van der Waals surface area contributed by atoms with E-state index in [2.05, 4.69) is 3.53 Å². The first-order valence-electron chi connectivity index (χ1n) is 4.77. The van der Waals surface area contributed by atoms with Crippen LogP contribution in [-0.2, 0) is 14.3 Å². The number of halogens is 1. The molecule has 0 aliphatic rings. The lowest BCUT2D eigenvalue weighted by atomic mass is 10.2. The molecule has 0 aromatic carbocycles. The average Bonchev–Trinajstić information content (AvgIpc) is 2.21. The van der Waals surface area contributed by atoms with Gasteiger partial charge >= 0.3 is 0 Å². The summed E-state index contributed by atoms with van der Waals surface area (Å²) in [4.78, 5) is 10.8.